The minimum Gasteiger partial charge on any atom is -0.456 e. The number of carbonyl (C=O) groups excluding carboxylic acids is 2. The molecule has 0 saturated heterocycles. The van der Waals surface area contributed by atoms with E-state index < -0.39 is 11.9 Å². The van der Waals surface area contributed by atoms with Crippen molar-refractivity contribution in [1.29, 1.82) is 0 Å². The van der Waals surface area contributed by atoms with Gasteiger partial charge in [0.15, 0.2) is 0 Å². The van der Waals surface area contributed by atoms with Crippen LogP contribution in [0.2, 0.25) is 0 Å². The molecule has 0 radical (unpaired) electrons. The second kappa shape index (κ2) is 9.66. The first-order valence-electron chi connectivity index (χ1n) is 10.2. The summed E-state index contributed by atoms with van der Waals surface area (Å²) in [5, 5.41) is 0. The standard InChI is InChI=1S/C28H20O5/c1-3-27(29)31-23-13-9-20(10-14-23)19-5-7-21(8-6-19)25-17-18-26(33-25)22-11-15-24(16-12-22)32-28(30)4-2/h3-18H,1-2H2. The smallest absolute Gasteiger partial charge is 0.335 e. The highest BCUT2D eigenvalue weighted by atomic mass is 16.5. The van der Waals surface area contributed by atoms with Gasteiger partial charge in [-0.25, -0.2) is 9.59 Å². The Hall–Kier alpha value is -4.64. The summed E-state index contributed by atoms with van der Waals surface area (Å²) in [6, 6.07) is 26.1. The summed E-state index contributed by atoms with van der Waals surface area (Å²) in [5.41, 5.74) is 3.83. The number of benzene rings is 3. The second-order valence-electron chi connectivity index (χ2n) is 7.04. The molecule has 33 heavy (non-hydrogen) atoms. The Kier molecular flexibility index (Phi) is 6.32. The van der Waals surface area contributed by atoms with Crippen LogP contribution in [0.5, 0.6) is 11.5 Å². The van der Waals surface area contributed by atoms with E-state index >= 15 is 0 Å². The summed E-state index contributed by atoms with van der Waals surface area (Å²) in [4.78, 5) is 22.6. The summed E-state index contributed by atoms with van der Waals surface area (Å²) in [6.45, 7) is 6.77. The van der Waals surface area contributed by atoms with Crippen molar-refractivity contribution in [2.75, 3.05) is 0 Å². The normalized spacial score (nSPS) is 10.3. The lowest BCUT2D eigenvalue weighted by Gasteiger charge is -2.06. The van der Waals surface area contributed by atoms with E-state index in [2.05, 4.69) is 13.2 Å². The molecule has 0 unspecified atom stereocenters. The molecule has 0 N–H and O–H groups in total. The van der Waals surface area contributed by atoms with E-state index in [0.29, 0.717) is 17.3 Å². The van der Waals surface area contributed by atoms with Crippen LogP contribution in [0.3, 0.4) is 0 Å². The monoisotopic (exact) mass is 436 g/mol. The average Bonchev–Trinajstić information content (AvgIpc) is 3.35. The molecule has 3 aromatic carbocycles. The van der Waals surface area contributed by atoms with Crippen molar-refractivity contribution in [1.82, 2.24) is 0 Å². The summed E-state index contributed by atoms with van der Waals surface area (Å²) < 4.78 is 16.2. The van der Waals surface area contributed by atoms with Gasteiger partial charge in [0.25, 0.3) is 0 Å². The molecule has 4 rings (SSSR count). The summed E-state index contributed by atoms with van der Waals surface area (Å²) in [6.07, 6.45) is 2.25. The van der Waals surface area contributed by atoms with Gasteiger partial charge in [0, 0.05) is 23.3 Å². The van der Waals surface area contributed by atoms with E-state index in [1.807, 2.05) is 60.7 Å². The molecule has 162 valence electrons. The number of hydrogen-bond acceptors (Lipinski definition) is 5. The lowest BCUT2D eigenvalue weighted by molar-refractivity contribution is -0.129. The summed E-state index contributed by atoms with van der Waals surface area (Å²) >= 11 is 0. The van der Waals surface area contributed by atoms with Gasteiger partial charge in [0.2, 0.25) is 0 Å². The molecule has 0 amide bonds. The number of rotatable bonds is 7. The number of carbonyl (C=O) groups is 2. The molecule has 5 heteroatoms. The lowest BCUT2D eigenvalue weighted by Crippen LogP contribution is -2.02. The largest absolute Gasteiger partial charge is 0.456 e. The predicted molar refractivity (Wildman–Crippen MR) is 127 cm³/mol. The van der Waals surface area contributed by atoms with Crippen LogP contribution in [0.15, 0.2) is 115 Å². The highest BCUT2D eigenvalue weighted by Crippen LogP contribution is 2.31. The number of esters is 2. The second-order valence-corrected chi connectivity index (χ2v) is 7.04. The van der Waals surface area contributed by atoms with E-state index in [1.165, 1.54) is 0 Å². The zero-order valence-corrected chi connectivity index (χ0v) is 17.7. The first-order valence-corrected chi connectivity index (χ1v) is 10.2. The topological polar surface area (TPSA) is 65.7 Å². The van der Waals surface area contributed by atoms with Gasteiger partial charge in [-0.2, -0.15) is 0 Å². The van der Waals surface area contributed by atoms with Gasteiger partial charge in [-0.1, -0.05) is 49.6 Å². The third-order valence-electron chi connectivity index (χ3n) is 4.87. The number of hydrogen-bond donors (Lipinski definition) is 0. The number of ether oxygens (including phenoxy) is 2. The first-order chi connectivity index (χ1) is 16.1. The van der Waals surface area contributed by atoms with Crippen molar-refractivity contribution < 1.29 is 23.5 Å². The molecular formula is C28H20O5. The zero-order valence-electron chi connectivity index (χ0n) is 17.7. The molecule has 4 aromatic rings. The third-order valence-corrected chi connectivity index (χ3v) is 4.87. The molecule has 1 heterocycles. The molecule has 0 spiro atoms. The van der Waals surface area contributed by atoms with Gasteiger partial charge in [-0.05, 0) is 59.7 Å². The minimum absolute atomic E-state index is 0.443. The fraction of sp³-hybridized carbons (Fsp3) is 0. The van der Waals surface area contributed by atoms with Crippen LogP contribution >= 0.6 is 0 Å². The van der Waals surface area contributed by atoms with Gasteiger partial charge >= 0.3 is 11.9 Å². The van der Waals surface area contributed by atoms with E-state index in [1.54, 1.807) is 24.3 Å². The molecular weight excluding hydrogens is 416 g/mol. The van der Waals surface area contributed by atoms with Crippen LogP contribution in [0.1, 0.15) is 0 Å². The highest BCUT2D eigenvalue weighted by molar-refractivity contribution is 5.84. The Morgan fingerprint density at radius 3 is 1.27 bits per heavy atom. The molecule has 0 aliphatic carbocycles. The molecule has 0 bridgehead atoms. The van der Waals surface area contributed by atoms with E-state index in [-0.39, 0.29) is 0 Å². The van der Waals surface area contributed by atoms with Crippen molar-refractivity contribution in [3.63, 3.8) is 0 Å². The van der Waals surface area contributed by atoms with Crippen molar-refractivity contribution in [2.45, 2.75) is 0 Å². The van der Waals surface area contributed by atoms with Crippen molar-refractivity contribution >= 4 is 11.9 Å². The van der Waals surface area contributed by atoms with Crippen LogP contribution in [-0.2, 0) is 9.59 Å². The predicted octanol–water partition coefficient (Wildman–Crippen LogP) is 6.46. The van der Waals surface area contributed by atoms with Crippen molar-refractivity contribution in [3.05, 3.63) is 110 Å². The molecule has 1 aromatic heterocycles. The molecule has 0 atom stereocenters. The van der Waals surface area contributed by atoms with Crippen LogP contribution in [0.25, 0.3) is 33.8 Å². The molecule has 5 nitrogen and oxygen atoms in total. The maximum Gasteiger partial charge on any atom is 0.335 e. The van der Waals surface area contributed by atoms with Crippen molar-refractivity contribution in [3.8, 4) is 45.3 Å². The van der Waals surface area contributed by atoms with Gasteiger partial charge in [-0.15, -0.1) is 0 Å². The Morgan fingerprint density at radius 2 is 0.879 bits per heavy atom. The maximum atomic E-state index is 11.3. The maximum absolute atomic E-state index is 11.3. The quantitative estimate of drug-likeness (QED) is 0.189. The summed E-state index contributed by atoms with van der Waals surface area (Å²) in [7, 11) is 0. The molecule has 0 fully saturated rings. The fourth-order valence-electron chi connectivity index (χ4n) is 3.19. The Labute approximate surface area is 191 Å². The van der Waals surface area contributed by atoms with E-state index in [0.717, 1.165) is 40.2 Å². The third kappa shape index (κ3) is 5.17. The molecule has 0 saturated carbocycles. The molecule has 0 aliphatic heterocycles. The van der Waals surface area contributed by atoms with Crippen LogP contribution in [0, 0.1) is 0 Å². The average molecular weight is 436 g/mol. The van der Waals surface area contributed by atoms with Crippen LogP contribution < -0.4 is 9.47 Å². The first kappa shape index (κ1) is 21.6. The SMILES string of the molecule is C=CC(=O)Oc1ccc(-c2ccc(-c3ccc(-c4ccc(OC(=O)C=C)cc4)o3)cc2)cc1. The number of furan rings is 1. The summed E-state index contributed by atoms with van der Waals surface area (Å²) in [5.74, 6) is 1.37. The lowest BCUT2D eigenvalue weighted by atomic mass is 10.0. The van der Waals surface area contributed by atoms with Gasteiger partial charge in [0.1, 0.15) is 23.0 Å². The fourth-order valence-corrected chi connectivity index (χ4v) is 3.19. The Bertz CT molecular complexity index is 1290. The van der Waals surface area contributed by atoms with Crippen molar-refractivity contribution in [2.24, 2.45) is 0 Å². The van der Waals surface area contributed by atoms with E-state index in [4.69, 9.17) is 13.9 Å². The van der Waals surface area contributed by atoms with Gasteiger partial charge < -0.3 is 13.9 Å². The highest BCUT2D eigenvalue weighted by Gasteiger charge is 2.09. The zero-order chi connectivity index (χ0) is 23.2. The van der Waals surface area contributed by atoms with Gasteiger partial charge in [0.05, 0.1) is 0 Å². The Balaban J connectivity index is 1.47. The van der Waals surface area contributed by atoms with Crippen LogP contribution in [-0.4, -0.2) is 11.9 Å². The molecule has 0 aliphatic rings. The van der Waals surface area contributed by atoms with Gasteiger partial charge in [-0.3, -0.25) is 0 Å². The Morgan fingerprint density at radius 1 is 0.545 bits per heavy atom. The van der Waals surface area contributed by atoms with E-state index in [9.17, 15) is 9.59 Å². The minimum atomic E-state index is -0.501. The van der Waals surface area contributed by atoms with Crippen LogP contribution in [0.4, 0.5) is 0 Å².